The summed E-state index contributed by atoms with van der Waals surface area (Å²) in [6.45, 7) is 4.68. The van der Waals surface area contributed by atoms with Crippen molar-refractivity contribution in [3.8, 4) is 44.5 Å². The first-order chi connectivity index (χ1) is 35.3. The number of nitrogens with zero attached hydrogens (tertiary/aromatic N) is 3. The lowest BCUT2D eigenvalue weighted by molar-refractivity contribution is 0.330. The van der Waals surface area contributed by atoms with Crippen LogP contribution in [0.5, 0.6) is 0 Å². The van der Waals surface area contributed by atoms with Gasteiger partial charge in [0.15, 0.2) is 0 Å². The summed E-state index contributed by atoms with van der Waals surface area (Å²) in [7, 11) is 0. The zero-order valence-electron chi connectivity index (χ0n) is 40.4. The molecule has 2 unspecified atom stereocenters. The third-order valence-corrected chi connectivity index (χ3v) is 16.8. The van der Waals surface area contributed by atoms with Crippen molar-refractivity contribution in [2.45, 2.75) is 44.1 Å². The molecular formula is C67H51BFN3. The summed E-state index contributed by atoms with van der Waals surface area (Å²) in [6, 6.07) is 85.8. The highest BCUT2D eigenvalue weighted by atomic mass is 19.1. The third kappa shape index (κ3) is 6.43. The second-order valence-electron chi connectivity index (χ2n) is 20.6. The molecule has 2 atom stereocenters. The van der Waals surface area contributed by atoms with Crippen LogP contribution in [0, 0.1) is 5.82 Å². The van der Waals surface area contributed by atoms with E-state index in [2.05, 4.69) is 247 Å². The monoisotopic (exact) mass is 927 g/mol. The van der Waals surface area contributed by atoms with E-state index in [0.29, 0.717) is 0 Å². The molecule has 0 bridgehead atoms. The Bertz CT molecular complexity index is 3520. The topological polar surface area (TPSA) is 9.72 Å². The Morgan fingerprint density at radius 2 is 0.778 bits per heavy atom. The van der Waals surface area contributed by atoms with Crippen LogP contribution in [0.15, 0.2) is 237 Å². The van der Waals surface area contributed by atoms with Gasteiger partial charge in [-0.05, 0) is 153 Å². The quantitative estimate of drug-likeness (QED) is 0.148. The van der Waals surface area contributed by atoms with Gasteiger partial charge in [-0.25, -0.2) is 4.39 Å². The summed E-state index contributed by atoms with van der Waals surface area (Å²) in [5.74, 6) is -0.178. The van der Waals surface area contributed by atoms with Gasteiger partial charge in [0.1, 0.15) is 5.82 Å². The molecule has 1 saturated carbocycles. The molecule has 3 aliphatic heterocycles. The van der Waals surface area contributed by atoms with Crippen LogP contribution in [-0.2, 0) is 5.41 Å². The molecule has 344 valence electrons. The van der Waals surface area contributed by atoms with Crippen LogP contribution >= 0.6 is 0 Å². The molecule has 0 saturated heterocycles. The SMILES string of the molecule is CC12CCCC1(C)N(c1cc3c4c(c1)N(c1ccc(-c5ccccc5)cc1)c1ccc(-c5ccccc5)cc1B4c1cc(-c4ccccc4)ccc1N3c1ccc(-c3ccccc3)cc1)c1ccc(F)cc12. The highest BCUT2D eigenvalue weighted by molar-refractivity contribution is 7.00. The summed E-state index contributed by atoms with van der Waals surface area (Å²) >= 11 is 0. The lowest BCUT2D eigenvalue weighted by Crippen LogP contribution is -2.61. The molecule has 5 heteroatoms. The molecule has 0 amide bonds. The number of halogens is 1. The Kier molecular flexibility index (Phi) is 9.63. The zero-order valence-corrected chi connectivity index (χ0v) is 40.4. The van der Waals surface area contributed by atoms with Crippen LogP contribution in [0.3, 0.4) is 0 Å². The molecule has 0 N–H and O–H groups in total. The molecular weight excluding hydrogens is 877 g/mol. The van der Waals surface area contributed by atoms with Crippen molar-refractivity contribution in [1.82, 2.24) is 0 Å². The highest BCUT2D eigenvalue weighted by Gasteiger charge is 2.60. The molecule has 1 aliphatic carbocycles. The fourth-order valence-electron chi connectivity index (χ4n) is 13.1. The van der Waals surface area contributed by atoms with Crippen molar-refractivity contribution >= 4 is 68.6 Å². The number of hydrogen-bond acceptors (Lipinski definition) is 3. The van der Waals surface area contributed by atoms with Crippen molar-refractivity contribution in [2.75, 3.05) is 14.7 Å². The maximum Gasteiger partial charge on any atom is 0.252 e. The number of anilines is 8. The maximum atomic E-state index is 15.5. The zero-order chi connectivity index (χ0) is 48.1. The minimum absolute atomic E-state index is 0.117. The van der Waals surface area contributed by atoms with Crippen LogP contribution in [0.25, 0.3) is 44.5 Å². The largest absolute Gasteiger partial charge is 0.334 e. The summed E-state index contributed by atoms with van der Waals surface area (Å²) in [6.07, 6.45) is 3.08. The van der Waals surface area contributed by atoms with E-state index >= 15 is 4.39 Å². The van der Waals surface area contributed by atoms with E-state index in [0.717, 1.165) is 70.3 Å². The van der Waals surface area contributed by atoms with Gasteiger partial charge < -0.3 is 14.7 Å². The van der Waals surface area contributed by atoms with E-state index in [1.54, 1.807) is 6.07 Å². The van der Waals surface area contributed by atoms with E-state index in [1.807, 2.05) is 12.1 Å². The second-order valence-corrected chi connectivity index (χ2v) is 20.6. The Hall–Kier alpha value is -8.41. The van der Waals surface area contributed by atoms with Crippen molar-refractivity contribution in [3.63, 3.8) is 0 Å². The first kappa shape index (κ1) is 42.5. The van der Waals surface area contributed by atoms with Crippen molar-refractivity contribution < 1.29 is 4.39 Å². The van der Waals surface area contributed by atoms with Gasteiger partial charge in [0.25, 0.3) is 6.71 Å². The molecule has 10 aromatic rings. The Labute approximate surface area is 422 Å². The van der Waals surface area contributed by atoms with Crippen LogP contribution < -0.4 is 31.1 Å². The first-order valence-electron chi connectivity index (χ1n) is 25.4. The number of fused-ring (bicyclic) bond motifs is 7. The molecule has 0 spiro atoms. The fourth-order valence-corrected chi connectivity index (χ4v) is 13.1. The molecule has 10 aromatic carbocycles. The Balaban J connectivity index is 1.08. The van der Waals surface area contributed by atoms with Crippen LogP contribution in [-0.4, -0.2) is 12.3 Å². The van der Waals surface area contributed by atoms with E-state index < -0.39 is 0 Å². The summed E-state index contributed by atoms with van der Waals surface area (Å²) in [5.41, 5.74) is 22.8. The fraction of sp³-hybridized carbons (Fsp3) is 0.104. The van der Waals surface area contributed by atoms with E-state index in [9.17, 15) is 0 Å². The van der Waals surface area contributed by atoms with Gasteiger partial charge in [0.2, 0.25) is 0 Å². The number of benzene rings is 10. The number of rotatable bonds is 7. The normalized spacial score (nSPS) is 18.0. The van der Waals surface area contributed by atoms with E-state index in [-0.39, 0.29) is 23.5 Å². The Morgan fingerprint density at radius 1 is 0.375 bits per heavy atom. The van der Waals surface area contributed by atoms with E-state index in [4.69, 9.17) is 0 Å². The number of hydrogen-bond donors (Lipinski definition) is 0. The highest BCUT2D eigenvalue weighted by Crippen LogP contribution is 2.63. The van der Waals surface area contributed by atoms with Crippen LogP contribution in [0.1, 0.15) is 38.7 Å². The first-order valence-corrected chi connectivity index (χ1v) is 25.4. The lowest BCUT2D eigenvalue weighted by Gasteiger charge is -2.47. The van der Waals surface area contributed by atoms with Gasteiger partial charge in [0, 0.05) is 50.9 Å². The molecule has 0 aromatic heterocycles. The molecule has 72 heavy (non-hydrogen) atoms. The van der Waals surface area contributed by atoms with Gasteiger partial charge >= 0.3 is 0 Å². The van der Waals surface area contributed by atoms with E-state index in [1.165, 1.54) is 60.9 Å². The van der Waals surface area contributed by atoms with Crippen LogP contribution in [0.4, 0.5) is 49.9 Å². The lowest BCUT2D eigenvalue weighted by atomic mass is 9.33. The van der Waals surface area contributed by atoms with Crippen molar-refractivity contribution in [2.24, 2.45) is 0 Å². The third-order valence-electron chi connectivity index (χ3n) is 16.8. The molecule has 0 radical (unpaired) electrons. The minimum Gasteiger partial charge on any atom is -0.334 e. The summed E-state index contributed by atoms with van der Waals surface area (Å²) < 4.78 is 15.5. The average molecular weight is 928 g/mol. The van der Waals surface area contributed by atoms with Gasteiger partial charge in [-0.1, -0.05) is 183 Å². The molecule has 1 fully saturated rings. The van der Waals surface area contributed by atoms with Crippen LogP contribution in [0.2, 0.25) is 0 Å². The predicted octanol–water partition coefficient (Wildman–Crippen LogP) is 15.9. The standard InChI is InChI=1S/C67H51BFN3/c1-66-38-15-39-67(66,2)72(60-37-30-53(69)42-57(60)66)56-43-63-65-64(44-56)71(55-33-26-50(27-34-55)46-18-9-4-10-19-46)62-36-29-52(48-22-13-6-14-23-48)41-59(62)68(65)58-40-51(47-20-11-5-12-21-47)28-35-61(58)70(63)54-31-24-49(25-32-54)45-16-7-3-8-17-45/h3-14,16-37,40-44H,15,38-39H2,1-2H3. The smallest absolute Gasteiger partial charge is 0.252 e. The van der Waals surface area contributed by atoms with Crippen molar-refractivity contribution in [3.05, 3.63) is 248 Å². The molecule has 14 rings (SSSR count). The second kappa shape index (κ2) is 16.3. The Morgan fingerprint density at radius 3 is 1.24 bits per heavy atom. The summed E-state index contributed by atoms with van der Waals surface area (Å²) in [4.78, 5) is 7.65. The molecule has 4 aliphatic rings. The predicted molar refractivity (Wildman–Crippen MR) is 300 cm³/mol. The van der Waals surface area contributed by atoms with Crippen molar-refractivity contribution in [1.29, 1.82) is 0 Å². The molecule has 3 heterocycles. The summed E-state index contributed by atoms with van der Waals surface area (Å²) in [5, 5.41) is 0. The van der Waals surface area contributed by atoms with Gasteiger partial charge in [-0.3, -0.25) is 0 Å². The average Bonchev–Trinajstić information content (AvgIpc) is 3.85. The van der Waals surface area contributed by atoms with Gasteiger partial charge in [0.05, 0.1) is 5.54 Å². The van der Waals surface area contributed by atoms with Gasteiger partial charge in [-0.15, -0.1) is 0 Å². The van der Waals surface area contributed by atoms with Gasteiger partial charge in [-0.2, -0.15) is 0 Å². The maximum absolute atomic E-state index is 15.5. The minimum atomic E-state index is -0.290. The molecule has 3 nitrogen and oxygen atoms in total.